The molecule has 0 aliphatic rings. The minimum Gasteiger partial charge on any atom is -0.325 e. The molecule has 0 saturated carbocycles. The number of halogens is 3. The number of thioether (sulfide) groups is 1. The van der Waals surface area contributed by atoms with Crippen molar-refractivity contribution in [2.75, 3.05) is 16.4 Å². The lowest BCUT2D eigenvalue weighted by Crippen LogP contribution is -2.13. The number of anilines is 2. The summed E-state index contributed by atoms with van der Waals surface area (Å²) in [6, 6.07) is 11.3. The lowest BCUT2D eigenvalue weighted by atomic mass is 10.2. The maximum Gasteiger partial charge on any atom is 0.257 e. The van der Waals surface area contributed by atoms with E-state index in [2.05, 4.69) is 20.8 Å². The van der Waals surface area contributed by atoms with Crippen molar-refractivity contribution in [3.63, 3.8) is 0 Å². The normalized spacial score (nSPS) is 10.5. The lowest BCUT2D eigenvalue weighted by molar-refractivity contribution is -0.113. The van der Waals surface area contributed by atoms with Crippen molar-refractivity contribution in [3.8, 4) is 0 Å². The van der Waals surface area contributed by atoms with E-state index < -0.39 is 0 Å². The Labute approximate surface area is 183 Å². The second kappa shape index (κ2) is 9.58. The van der Waals surface area contributed by atoms with Crippen LogP contribution in [0.4, 0.5) is 10.8 Å². The van der Waals surface area contributed by atoms with Gasteiger partial charge in [0.15, 0.2) is 4.34 Å². The van der Waals surface area contributed by atoms with Gasteiger partial charge in [0, 0.05) is 16.3 Å². The summed E-state index contributed by atoms with van der Waals surface area (Å²) in [4.78, 5) is 24.2. The smallest absolute Gasteiger partial charge is 0.257 e. The predicted octanol–water partition coefficient (Wildman–Crippen LogP) is 5.48. The second-order valence-electron chi connectivity index (χ2n) is 5.30. The van der Waals surface area contributed by atoms with Gasteiger partial charge in [-0.1, -0.05) is 57.9 Å². The van der Waals surface area contributed by atoms with Gasteiger partial charge in [0.25, 0.3) is 5.91 Å². The van der Waals surface area contributed by atoms with Crippen LogP contribution in [0.1, 0.15) is 10.4 Å². The summed E-state index contributed by atoms with van der Waals surface area (Å²) in [6.07, 6.45) is 0. The summed E-state index contributed by atoms with van der Waals surface area (Å²) in [5.74, 6) is -0.424. The third kappa shape index (κ3) is 5.83. The molecule has 144 valence electrons. The fourth-order valence-electron chi connectivity index (χ4n) is 1.99. The Balaban J connectivity index is 1.51. The number of amides is 2. The molecule has 0 radical (unpaired) electrons. The monoisotopic (exact) mass is 472 g/mol. The van der Waals surface area contributed by atoms with E-state index in [0.717, 1.165) is 0 Å². The minimum absolute atomic E-state index is 0.125. The SMILES string of the molecule is O=C(CSc1nnc(NC(=O)c2ccc(Cl)cc2)s1)Nc1ccc(Cl)c(Cl)c1. The number of rotatable bonds is 6. The Morgan fingerprint density at radius 3 is 2.43 bits per heavy atom. The highest BCUT2D eigenvalue weighted by atomic mass is 35.5. The number of hydrogen-bond donors (Lipinski definition) is 2. The first-order chi connectivity index (χ1) is 13.4. The number of carbonyl (C=O) groups excluding carboxylic acids is 2. The molecule has 0 fully saturated rings. The molecule has 0 saturated heterocycles. The zero-order valence-corrected chi connectivity index (χ0v) is 17.8. The second-order valence-corrected chi connectivity index (χ2v) is 8.75. The van der Waals surface area contributed by atoms with E-state index in [0.29, 0.717) is 35.8 Å². The highest BCUT2D eigenvalue weighted by molar-refractivity contribution is 8.01. The van der Waals surface area contributed by atoms with Crippen molar-refractivity contribution < 1.29 is 9.59 Å². The molecule has 3 rings (SSSR count). The highest BCUT2D eigenvalue weighted by Crippen LogP contribution is 2.27. The predicted molar refractivity (Wildman–Crippen MR) is 115 cm³/mol. The van der Waals surface area contributed by atoms with Crippen LogP contribution >= 0.6 is 57.9 Å². The summed E-state index contributed by atoms with van der Waals surface area (Å²) in [7, 11) is 0. The molecule has 11 heteroatoms. The Morgan fingerprint density at radius 1 is 0.964 bits per heavy atom. The number of carbonyl (C=O) groups is 2. The van der Waals surface area contributed by atoms with E-state index in [-0.39, 0.29) is 17.6 Å². The lowest BCUT2D eigenvalue weighted by Gasteiger charge is -2.05. The Morgan fingerprint density at radius 2 is 1.71 bits per heavy atom. The van der Waals surface area contributed by atoms with Crippen LogP contribution < -0.4 is 10.6 Å². The molecule has 2 N–H and O–H groups in total. The number of nitrogens with zero attached hydrogens (tertiary/aromatic N) is 2. The van der Waals surface area contributed by atoms with Gasteiger partial charge in [-0.2, -0.15) is 0 Å². The summed E-state index contributed by atoms with van der Waals surface area (Å²) >= 11 is 20.0. The van der Waals surface area contributed by atoms with Crippen molar-refractivity contribution >= 4 is 80.5 Å². The van der Waals surface area contributed by atoms with Gasteiger partial charge in [0.1, 0.15) is 0 Å². The highest BCUT2D eigenvalue weighted by Gasteiger charge is 2.12. The first-order valence-electron chi connectivity index (χ1n) is 7.69. The molecule has 2 amide bonds. The molecule has 3 aromatic rings. The van der Waals surface area contributed by atoms with Crippen LogP contribution in [-0.2, 0) is 4.79 Å². The van der Waals surface area contributed by atoms with Crippen LogP contribution in [0, 0.1) is 0 Å². The van der Waals surface area contributed by atoms with Gasteiger partial charge in [-0.3, -0.25) is 14.9 Å². The first kappa shape index (κ1) is 20.9. The molecule has 2 aromatic carbocycles. The van der Waals surface area contributed by atoms with E-state index in [1.54, 1.807) is 42.5 Å². The van der Waals surface area contributed by atoms with Crippen LogP contribution in [0.3, 0.4) is 0 Å². The van der Waals surface area contributed by atoms with Gasteiger partial charge >= 0.3 is 0 Å². The summed E-state index contributed by atoms with van der Waals surface area (Å²) < 4.78 is 0.552. The average molecular weight is 474 g/mol. The molecule has 1 aromatic heterocycles. The number of benzene rings is 2. The fraction of sp³-hybridized carbons (Fsp3) is 0.0588. The molecule has 0 aliphatic heterocycles. The minimum atomic E-state index is -0.318. The van der Waals surface area contributed by atoms with E-state index in [4.69, 9.17) is 34.8 Å². The molecule has 28 heavy (non-hydrogen) atoms. The maximum absolute atomic E-state index is 12.1. The topological polar surface area (TPSA) is 84.0 Å². The van der Waals surface area contributed by atoms with Gasteiger partial charge in [-0.15, -0.1) is 10.2 Å². The fourth-order valence-corrected chi connectivity index (χ4v) is 3.96. The third-order valence-electron chi connectivity index (χ3n) is 3.26. The molecule has 0 unspecified atom stereocenters. The Bertz CT molecular complexity index is 1010. The maximum atomic E-state index is 12.1. The molecule has 0 aliphatic carbocycles. The molecular formula is C17H11Cl3N4O2S2. The zero-order valence-electron chi connectivity index (χ0n) is 13.9. The summed E-state index contributed by atoms with van der Waals surface area (Å²) in [6.45, 7) is 0. The van der Waals surface area contributed by atoms with Crippen LogP contribution in [0.15, 0.2) is 46.8 Å². The van der Waals surface area contributed by atoms with E-state index in [9.17, 15) is 9.59 Å². The standard InChI is InChI=1S/C17H11Cl3N4O2S2/c18-10-3-1-9(2-4-10)15(26)22-16-23-24-17(28-16)27-8-14(25)21-11-5-6-12(19)13(20)7-11/h1-7H,8H2,(H,21,25)(H,22,23,26). The van der Waals surface area contributed by atoms with Crippen LogP contribution in [-0.4, -0.2) is 27.8 Å². The van der Waals surface area contributed by atoms with E-state index in [1.165, 1.54) is 23.1 Å². The van der Waals surface area contributed by atoms with Gasteiger partial charge in [-0.05, 0) is 42.5 Å². The van der Waals surface area contributed by atoms with Crippen molar-refractivity contribution in [1.29, 1.82) is 0 Å². The number of hydrogen-bond acceptors (Lipinski definition) is 6. The largest absolute Gasteiger partial charge is 0.325 e. The Kier molecular flexibility index (Phi) is 7.14. The van der Waals surface area contributed by atoms with E-state index in [1.807, 2.05) is 0 Å². The number of nitrogens with one attached hydrogen (secondary N) is 2. The van der Waals surface area contributed by atoms with E-state index >= 15 is 0 Å². The third-order valence-corrected chi connectivity index (χ3v) is 6.23. The van der Waals surface area contributed by atoms with Gasteiger partial charge in [-0.25, -0.2) is 0 Å². The van der Waals surface area contributed by atoms with Crippen molar-refractivity contribution in [3.05, 3.63) is 63.1 Å². The van der Waals surface area contributed by atoms with Crippen molar-refractivity contribution in [2.45, 2.75) is 4.34 Å². The van der Waals surface area contributed by atoms with Crippen LogP contribution in [0.2, 0.25) is 15.1 Å². The van der Waals surface area contributed by atoms with Gasteiger partial charge in [0.05, 0.1) is 15.8 Å². The molecule has 0 bridgehead atoms. The molecular weight excluding hydrogens is 463 g/mol. The van der Waals surface area contributed by atoms with Gasteiger partial charge < -0.3 is 5.32 Å². The molecule has 0 spiro atoms. The quantitative estimate of drug-likeness (QED) is 0.366. The average Bonchev–Trinajstić information content (AvgIpc) is 3.11. The Hall–Kier alpha value is -1.84. The molecule has 0 atom stereocenters. The summed E-state index contributed by atoms with van der Waals surface area (Å²) in [5.41, 5.74) is 1.00. The van der Waals surface area contributed by atoms with Crippen molar-refractivity contribution in [1.82, 2.24) is 10.2 Å². The van der Waals surface area contributed by atoms with Crippen LogP contribution in [0.5, 0.6) is 0 Å². The molecule has 1 heterocycles. The zero-order chi connectivity index (χ0) is 20.1. The molecule has 6 nitrogen and oxygen atoms in total. The van der Waals surface area contributed by atoms with Crippen LogP contribution in [0.25, 0.3) is 0 Å². The number of aromatic nitrogens is 2. The van der Waals surface area contributed by atoms with Gasteiger partial charge in [0.2, 0.25) is 11.0 Å². The first-order valence-corrected chi connectivity index (χ1v) is 10.6. The van der Waals surface area contributed by atoms with Crippen molar-refractivity contribution in [2.24, 2.45) is 0 Å². The summed E-state index contributed by atoms with van der Waals surface area (Å²) in [5, 5.41) is 14.9.